The molecule has 2 saturated heterocycles. The van der Waals surface area contributed by atoms with E-state index in [4.69, 9.17) is 11.6 Å². The number of piperidine rings is 1. The number of hydrogen-bond acceptors (Lipinski definition) is 4. The third-order valence-corrected chi connectivity index (χ3v) is 6.84. The molecule has 0 N–H and O–H groups in total. The summed E-state index contributed by atoms with van der Waals surface area (Å²) in [6.07, 6.45) is 5.08. The second-order valence-electron chi connectivity index (χ2n) is 8.39. The number of urea groups is 1. The molecule has 164 valence electrons. The summed E-state index contributed by atoms with van der Waals surface area (Å²) >= 11 is 5.92. The molecule has 31 heavy (non-hydrogen) atoms. The molecule has 0 radical (unpaired) electrons. The number of likely N-dealkylation sites (tertiary alicyclic amines) is 1. The Hall–Kier alpha value is -2.44. The SMILES string of the molecule is C[C@H](c1ccncc1)N1CCN(C(=O)N2CCC(C(=O)c3ccc(Cl)cc3)CC2)CC1. The number of piperazine rings is 1. The van der Waals surface area contributed by atoms with Crippen LogP contribution >= 0.6 is 11.6 Å². The van der Waals surface area contributed by atoms with E-state index < -0.39 is 0 Å². The molecule has 1 aromatic carbocycles. The summed E-state index contributed by atoms with van der Waals surface area (Å²) in [5.74, 6) is 0.130. The molecule has 0 bridgehead atoms. The minimum Gasteiger partial charge on any atom is -0.325 e. The van der Waals surface area contributed by atoms with Crippen molar-refractivity contribution in [2.75, 3.05) is 39.3 Å². The van der Waals surface area contributed by atoms with Crippen LogP contribution in [-0.4, -0.2) is 70.8 Å². The van der Waals surface area contributed by atoms with Gasteiger partial charge in [0.05, 0.1) is 0 Å². The number of pyridine rings is 1. The molecule has 4 rings (SSSR count). The van der Waals surface area contributed by atoms with Crippen molar-refractivity contribution in [3.63, 3.8) is 0 Å². The molecule has 3 heterocycles. The number of aromatic nitrogens is 1. The standard InChI is InChI=1S/C24H29ClN4O2/c1-18(19-6-10-26-11-7-19)27-14-16-29(17-15-27)24(31)28-12-8-21(9-13-28)23(30)20-2-4-22(25)5-3-20/h2-7,10-11,18,21H,8-9,12-17H2,1H3/t18-/m1/s1. The minimum atomic E-state index is -0.0247. The van der Waals surface area contributed by atoms with Crippen molar-refractivity contribution >= 4 is 23.4 Å². The van der Waals surface area contributed by atoms with Crippen molar-refractivity contribution in [2.45, 2.75) is 25.8 Å². The maximum atomic E-state index is 13.0. The van der Waals surface area contributed by atoms with Gasteiger partial charge in [-0.3, -0.25) is 14.7 Å². The first-order valence-corrected chi connectivity index (χ1v) is 11.4. The van der Waals surface area contributed by atoms with Crippen molar-refractivity contribution in [1.29, 1.82) is 0 Å². The Morgan fingerprint density at radius 1 is 0.903 bits per heavy atom. The van der Waals surface area contributed by atoms with Gasteiger partial charge in [-0.15, -0.1) is 0 Å². The monoisotopic (exact) mass is 440 g/mol. The molecular weight excluding hydrogens is 412 g/mol. The molecule has 2 aromatic rings. The average molecular weight is 441 g/mol. The molecule has 0 aliphatic carbocycles. The van der Waals surface area contributed by atoms with Gasteiger partial charge in [0.15, 0.2) is 5.78 Å². The van der Waals surface area contributed by atoms with Crippen LogP contribution in [0.5, 0.6) is 0 Å². The number of rotatable bonds is 4. The summed E-state index contributed by atoms with van der Waals surface area (Å²) in [5.41, 5.74) is 1.95. The first kappa shape index (κ1) is 21.8. The molecule has 2 amide bonds. The Morgan fingerprint density at radius 2 is 1.48 bits per heavy atom. The van der Waals surface area contributed by atoms with Crippen LogP contribution in [0.1, 0.15) is 41.7 Å². The van der Waals surface area contributed by atoms with Gasteiger partial charge in [-0.1, -0.05) is 11.6 Å². The van der Waals surface area contributed by atoms with Gasteiger partial charge in [0.2, 0.25) is 0 Å². The number of ketones is 1. The maximum Gasteiger partial charge on any atom is 0.320 e. The van der Waals surface area contributed by atoms with Gasteiger partial charge in [0.1, 0.15) is 0 Å². The number of Topliss-reactive ketones (excluding diaryl/α,β-unsaturated/α-hetero) is 1. The number of carbonyl (C=O) groups excluding carboxylic acids is 2. The average Bonchev–Trinajstić information content (AvgIpc) is 2.84. The second-order valence-corrected chi connectivity index (χ2v) is 8.83. The van der Waals surface area contributed by atoms with E-state index in [1.807, 2.05) is 22.2 Å². The number of benzene rings is 1. The number of hydrogen-bond donors (Lipinski definition) is 0. The quantitative estimate of drug-likeness (QED) is 0.671. The lowest BCUT2D eigenvalue weighted by atomic mass is 9.89. The van der Waals surface area contributed by atoms with Crippen LogP contribution in [0.4, 0.5) is 4.79 Å². The first-order valence-electron chi connectivity index (χ1n) is 11.0. The number of carbonyl (C=O) groups is 2. The number of nitrogens with zero attached hydrogens (tertiary/aromatic N) is 4. The topological polar surface area (TPSA) is 56.8 Å². The fourth-order valence-corrected chi connectivity index (χ4v) is 4.66. The Bertz CT molecular complexity index is 890. The van der Waals surface area contributed by atoms with Crippen molar-refractivity contribution in [2.24, 2.45) is 5.92 Å². The van der Waals surface area contributed by atoms with Crippen LogP contribution in [0, 0.1) is 5.92 Å². The highest BCUT2D eigenvalue weighted by Crippen LogP contribution is 2.25. The second kappa shape index (κ2) is 9.79. The lowest BCUT2D eigenvalue weighted by Crippen LogP contribution is -2.54. The van der Waals surface area contributed by atoms with E-state index in [0.717, 1.165) is 26.2 Å². The zero-order valence-corrected chi connectivity index (χ0v) is 18.7. The fraction of sp³-hybridized carbons (Fsp3) is 0.458. The molecule has 0 saturated carbocycles. The van der Waals surface area contributed by atoms with Crippen LogP contribution in [0.25, 0.3) is 0 Å². The number of halogens is 1. The molecule has 0 unspecified atom stereocenters. The van der Waals surface area contributed by atoms with Gasteiger partial charge >= 0.3 is 6.03 Å². The van der Waals surface area contributed by atoms with E-state index in [2.05, 4.69) is 28.9 Å². The Kier molecular flexibility index (Phi) is 6.88. The van der Waals surface area contributed by atoms with E-state index >= 15 is 0 Å². The third-order valence-electron chi connectivity index (χ3n) is 6.59. The van der Waals surface area contributed by atoms with E-state index in [0.29, 0.717) is 42.6 Å². The zero-order chi connectivity index (χ0) is 21.8. The summed E-state index contributed by atoms with van der Waals surface area (Å²) in [6.45, 7) is 6.67. The lowest BCUT2D eigenvalue weighted by Gasteiger charge is -2.41. The third kappa shape index (κ3) is 5.08. The summed E-state index contributed by atoms with van der Waals surface area (Å²) < 4.78 is 0. The highest BCUT2D eigenvalue weighted by atomic mass is 35.5. The number of amides is 2. The van der Waals surface area contributed by atoms with Gasteiger partial charge in [-0.05, 0) is 61.7 Å². The molecule has 7 heteroatoms. The molecule has 1 atom stereocenters. The first-order chi connectivity index (χ1) is 15.0. The van der Waals surface area contributed by atoms with Crippen LogP contribution in [-0.2, 0) is 0 Å². The van der Waals surface area contributed by atoms with E-state index in [1.54, 1.807) is 24.3 Å². The highest BCUT2D eigenvalue weighted by molar-refractivity contribution is 6.30. The van der Waals surface area contributed by atoms with Crippen molar-refractivity contribution in [1.82, 2.24) is 19.7 Å². The molecular formula is C24H29ClN4O2. The van der Waals surface area contributed by atoms with Crippen molar-refractivity contribution in [3.05, 3.63) is 64.9 Å². The normalized spacial score (nSPS) is 19.3. The van der Waals surface area contributed by atoms with Crippen LogP contribution in [0.2, 0.25) is 5.02 Å². The Morgan fingerprint density at radius 3 is 2.10 bits per heavy atom. The van der Waals surface area contributed by atoms with Crippen molar-refractivity contribution < 1.29 is 9.59 Å². The summed E-state index contributed by atoms with van der Waals surface area (Å²) in [4.78, 5) is 36.1. The van der Waals surface area contributed by atoms with Gasteiger partial charge in [0, 0.05) is 74.2 Å². The molecule has 1 aromatic heterocycles. The van der Waals surface area contributed by atoms with Gasteiger partial charge in [-0.25, -0.2) is 4.79 Å². The molecule has 2 aliphatic rings. The lowest BCUT2D eigenvalue weighted by molar-refractivity contribution is 0.0761. The van der Waals surface area contributed by atoms with Crippen LogP contribution < -0.4 is 0 Å². The molecule has 6 nitrogen and oxygen atoms in total. The fourth-order valence-electron chi connectivity index (χ4n) is 4.54. The predicted molar refractivity (Wildman–Crippen MR) is 121 cm³/mol. The highest BCUT2D eigenvalue weighted by Gasteiger charge is 2.32. The molecule has 0 spiro atoms. The Labute approximate surface area is 188 Å². The summed E-state index contributed by atoms with van der Waals surface area (Å²) in [7, 11) is 0. The summed E-state index contributed by atoms with van der Waals surface area (Å²) in [5, 5.41) is 0.632. The van der Waals surface area contributed by atoms with E-state index in [9.17, 15) is 9.59 Å². The van der Waals surface area contributed by atoms with Crippen LogP contribution in [0.3, 0.4) is 0 Å². The smallest absolute Gasteiger partial charge is 0.320 e. The van der Waals surface area contributed by atoms with Gasteiger partial charge in [0.25, 0.3) is 0 Å². The minimum absolute atomic E-state index is 0.0247. The predicted octanol–water partition coefficient (Wildman–Crippen LogP) is 4.13. The van der Waals surface area contributed by atoms with Crippen LogP contribution in [0.15, 0.2) is 48.8 Å². The largest absolute Gasteiger partial charge is 0.325 e. The maximum absolute atomic E-state index is 13.0. The van der Waals surface area contributed by atoms with E-state index in [1.165, 1.54) is 5.56 Å². The zero-order valence-electron chi connectivity index (χ0n) is 17.9. The van der Waals surface area contributed by atoms with Gasteiger partial charge in [-0.2, -0.15) is 0 Å². The summed E-state index contributed by atoms with van der Waals surface area (Å²) in [6, 6.07) is 11.6. The van der Waals surface area contributed by atoms with E-state index in [-0.39, 0.29) is 17.7 Å². The molecule has 2 aliphatic heterocycles. The van der Waals surface area contributed by atoms with Gasteiger partial charge < -0.3 is 9.80 Å². The van der Waals surface area contributed by atoms with Crippen molar-refractivity contribution in [3.8, 4) is 0 Å². The Balaban J connectivity index is 1.26. The molecule has 2 fully saturated rings.